The normalized spacial score (nSPS) is 26.1. The fraction of sp³-hybridized carbons (Fsp3) is 0.667. The molecular formula is C24H36O11. The predicted octanol–water partition coefficient (Wildman–Crippen LogP) is 1.75. The first-order chi connectivity index (χ1) is 16.3. The number of carbonyl (C=O) groups excluding carboxylic acids is 4. The van der Waals surface area contributed by atoms with E-state index in [4.69, 9.17) is 28.4 Å². The molecule has 0 aromatic carbocycles. The van der Waals surface area contributed by atoms with Gasteiger partial charge in [-0.05, 0) is 26.7 Å². The van der Waals surface area contributed by atoms with Crippen molar-refractivity contribution in [3.05, 3.63) is 24.3 Å². The third kappa shape index (κ3) is 11.0. The van der Waals surface area contributed by atoms with Crippen LogP contribution in [0.25, 0.3) is 0 Å². The van der Waals surface area contributed by atoms with E-state index in [1.807, 2.05) is 6.08 Å². The van der Waals surface area contributed by atoms with Gasteiger partial charge >= 0.3 is 23.9 Å². The number of carbonyl (C=O) groups is 4. The first-order valence-electron chi connectivity index (χ1n) is 11.2. The molecule has 1 unspecified atom stereocenters. The number of esters is 4. The summed E-state index contributed by atoms with van der Waals surface area (Å²) in [5.41, 5.74) is -0.213. The Balaban J connectivity index is 3.16. The quantitative estimate of drug-likeness (QED) is 0.238. The van der Waals surface area contributed by atoms with Crippen LogP contribution in [0.5, 0.6) is 0 Å². The second-order valence-corrected chi connectivity index (χ2v) is 8.53. The average Bonchev–Trinajstić information content (AvgIpc) is 2.73. The van der Waals surface area contributed by atoms with Crippen molar-refractivity contribution in [2.45, 2.75) is 90.7 Å². The average molecular weight is 501 g/mol. The Hall–Kier alpha value is -2.76. The van der Waals surface area contributed by atoms with E-state index in [-0.39, 0.29) is 13.2 Å². The number of ether oxygens (including phenoxy) is 6. The molecule has 0 amide bonds. The Morgan fingerprint density at radius 2 is 1.46 bits per heavy atom. The first kappa shape index (κ1) is 30.3. The number of rotatable bonds is 12. The standard InChI is InChI=1S/C24H36O11/c1-8-24(7,29)11-9-10-14(2)12-31-23-22(34-18(6)28)21(33-17(5)27)20(32-16(4)26)19(35-23)13-30-15(3)25/h8,10,19-23,29H,1,9,11-13H2,2-7H3/b14-10-/t19-,20-,21+,22-,23-,24?/m1/s1. The van der Waals surface area contributed by atoms with Crippen LogP contribution in [0.1, 0.15) is 54.4 Å². The molecule has 1 rings (SSSR count). The summed E-state index contributed by atoms with van der Waals surface area (Å²) >= 11 is 0. The van der Waals surface area contributed by atoms with E-state index in [0.717, 1.165) is 26.3 Å². The van der Waals surface area contributed by atoms with Crippen molar-refractivity contribution < 1.29 is 52.7 Å². The van der Waals surface area contributed by atoms with E-state index in [1.54, 1.807) is 13.8 Å². The van der Waals surface area contributed by atoms with Gasteiger partial charge in [-0.3, -0.25) is 19.2 Å². The highest BCUT2D eigenvalue weighted by atomic mass is 16.7. The molecule has 0 bridgehead atoms. The lowest BCUT2D eigenvalue weighted by Gasteiger charge is -2.44. The lowest BCUT2D eigenvalue weighted by atomic mass is 9.98. The fourth-order valence-corrected chi connectivity index (χ4v) is 3.31. The maximum absolute atomic E-state index is 11.8. The SMILES string of the molecule is C=CC(C)(O)CC/C=C(/C)CO[C@@H]1O[C@H](COC(C)=O)[C@@H](OC(C)=O)[C@H](OC(C)=O)[C@H]1OC(C)=O. The van der Waals surface area contributed by atoms with Gasteiger partial charge < -0.3 is 33.5 Å². The minimum atomic E-state index is -1.29. The van der Waals surface area contributed by atoms with E-state index in [9.17, 15) is 24.3 Å². The molecule has 1 N–H and O–H groups in total. The van der Waals surface area contributed by atoms with Crippen molar-refractivity contribution in [3.63, 3.8) is 0 Å². The molecule has 0 saturated carbocycles. The van der Waals surface area contributed by atoms with Crippen LogP contribution in [-0.4, -0.2) is 78.5 Å². The fourth-order valence-electron chi connectivity index (χ4n) is 3.31. The van der Waals surface area contributed by atoms with Crippen LogP contribution in [0.2, 0.25) is 0 Å². The summed E-state index contributed by atoms with van der Waals surface area (Å²) in [6.45, 7) is 11.4. The molecule has 0 aromatic rings. The Morgan fingerprint density at radius 1 is 0.914 bits per heavy atom. The number of allylic oxidation sites excluding steroid dienone is 1. The van der Waals surface area contributed by atoms with Crippen molar-refractivity contribution in [1.29, 1.82) is 0 Å². The Labute approximate surface area is 205 Å². The lowest BCUT2D eigenvalue weighted by molar-refractivity contribution is -0.306. The zero-order chi connectivity index (χ0) is 26.8. The topological polar surface area (TPSA) is 144 Å². The van der Waals surface area contributed by atoms with Crippen LogP contribution in [0.15, 0.2) is 24.3 Å². The Morgan fingerprint density at radius 3 is 1.97 bits per heavy atom. The molecule has 0 aliphatic carbocycles. The van der Waals surface area contributed by atoms with Gasteiger partial charge in [0.2, 0.25) is 0 Å². The molecule has 11 nitrogen and oxygen atoms in total. The van der Waals surface area contributed by atoms with Gasteiger partial charge in [0, 0.05) is 27.7 Å². The van der Waals surface area contributed by atoms with Crippen LogP contribution in [0.3, 0.4) is 0 Å². The summed E-state index contributed by atoms with van der Waals surface area (Å²) < 4.78 is 32.8. The smallest absolute Gasteiger partial charge is 0.303 e. The molecule has 0 spiro atoms. The predicted molar refractivity (Wildman–Crippen MR) is 122 cm³/mol. The van der Waals surface area contributed by atoms with Gasteiger partial charge in [-0.15, -0.1) is 6.58 Å². The monoisotopic (exact) mass is 500 g/mol. The summed E-state index contributed by atoms with van der Waals surface area (Å²) in [4.78, 5) is 46.8. The second kappa shape index (κ2) is 14.0. The molecule has 198 valence electrons. The maximum Gasteiger partial charge on any atom is 0.303 e. The third-order valence-electron chi connectivity index (χ3n) is 5.01. The lowest BCUT2D eigenvalue weighted by Crippen LogP contribution is -2.63. The zero-order valence-electron chi connectivity index (χ0n) is 21.1. The van der Waals surface area contributed by atoms with Crippen molar-refractivity contribution in [2.75, 3.05) is 13.2 Å². The number of hydrogen-bond acceptors (Lipinski definition) is 11. The van der Waals surface area contributed by atoms with E-state index in [1.165, 1.54) is 13.0 Å². The van der Waals surface area contributed by atoms with E-state index in [2.05, 4.69) is 6.58 Å². The van der Waals surface area contributed by atoms with Gasteiger partial charge in [-0.1, -0.05) is 17.7 Å². The molecule has 11 heteroatoms. The van der Waals surface area contributed by atoms with Crippen molar-refractivity contribution in [1.82, 2.24) is 0 Å². The molecule has 1 heterocycles. The van der Waals surface area contributed by atoms with Crippen molar-refractivity contribution in [2.24, 2.45) is 0 Å². The summed E-state index contributed by atoms with van der Waals surface area (Å²) in [6.07, 6.45) is -1.79. The third-order valence-corrected chi connectivity index (χ3v) is 5.01. The van der Waals surface area contributed by atoms with Crippen LogP contribution >= 0.6 is 0 Å². The Bertz CT molecular complexity index is 801. The highest BCUT2D eigenvalue weighted by Gasteiger charge is 2.52. The van der Waals surface area contributed by atoms with Gasteiger partial charge in [0.15, 0.2) is 24.6 Å². The molecular weight excluding hydrogens is 464 g/mol. The van der Waals surface area contributed by atoms with Gasteiger partial charge in [-0.25, -0.2) is 0 Å². The van der Waals surface area contributed by atoms with Gasteiger partial charge in [0.1, 0.15) is 12.7 Å². The van der Waals surface area contributed by atoms with E-state index < -0.39 is 60.2 Å². The summed E-state index contributed by atoms with van der Waals surface area (Å²) in [7, 11) is 0. The molecule has 0 radical (unpaired) electrons. The zero-order valence-corrected chi connectivity index (χ0v) is 21.1. The molecule has 0 aromatic heterocycles. The maximum atomic E-state index is 11.8. The van der Waals surface area contributed by atoms with E-state index in [0.29, 0.717) is 12.8 Å². The highest BCUT2D eigenvalue weighted by molar-refractivity contribution is 5.68. The van der Waals surface area contributed by atoms with Gasteiger partial charge in [0.05, 0.1) is 12.2 Å². The minimum absolute atomic E-state index is 0.0456. The number of hydrogen-bond donors (Lipinski definition) is 1. The molecule has 6 atom stereocenters. The summed E-state index contributed by atoms with van der Waals surface area (Å²) in [5, 5.41) is 10.0. The van der Waals surface area contributed by atoms with Crippen LogP contribution in [0.4, 0.5) is 0 Å². The molecule has 1 aliphatic rings. The van der Waals surface area contributed by atoms with Crippen LogP contribution < -0.4 is 0 Å². The molecule has 35 heavy (non-hydrogen) atoms. The first-order valence-corrected chi connectivity index (χ1v) is 11.2. The van der Waals surface area contributed by atoms with Gasteiger partial charge in [0.25, 0.3) is 0 Å². The summed E-state index contributed by atoms with van der Waals surface area (Å²) in [6, 6.07) is 0. The minimum Gasteiger partial charge on any atom is -0.463 e. The molecule has 1 fully saturated rings. The largest absolute Gasteiger partial charge is 0.463 e. The van der Waals surface area contributed by atoms with Crippen molar-refractivity contribution >= 4 is 23.9 Å². The van der Waals surface area contributed by atoms with Crippen LogP contribution in [-0.2, 0) is 47.6 Å². The molecule has 1 saturated heterocycles. The Kier molecular flexibility index (Phi) is 12.1. The van der Waals surface area contributed by atoms with Gasteiger partial charge in [-0.2, -0.15) is 0 Å². The highest BCUT2D eigenvalue weighted by Crippen LogP contribution is 2.30. The second-order valence-electron chi connectivity index (χ2n) is 8.53. The summed E-state index contributed by atoms with van der Waals surface area (Å²) in [5.74, 6) is -2.74. The molecule has 1 aliphatic heterocycles. The van der Waals surface area contributed by atoms with E-state index >= 15 is 0 Å². The van der Waals surface area contributed by atoms with Crippen LogP contribution in [0, 0.1) is 0 Å². The van der Waals surface area contributed by atoms with Crippen molar-refractivity contribution in [3.8, 4) is 0 Å². The number of aliphatic hydroxyl groups is 1.